The molecule has 0 unspecified atom stereocenters. The molecule has 2 rings (SSSR count). The Hall–Kier alpha value is -3.36. The molecule has 2 aromatic carbocycles. The average Bonchev–Trinajstić information content (AvgIpc) is 2.99. The topological polar surface area (TPSA) is 105 Å². The first-order valence-electron chi connectivity index (χ1n) is 14.6. The molecule has 0 heterocycles. The van der Waals surface area contributed by atoms with Crippen molar-refractivity contribution in [1.29, 1.82) is 0 Å². The molecule has 4 atom stereocenters. The van der Waals surface area contributed by atoms with Gasteiger partial charge < -0.3 is 20.5 Å². The zero-order valence-corrected chi connectivity index (χ0v) is 25.5. The van der Waals surface area contributed by atoms with E-state index in [2.05, 4.69) is 23.8 Å². The van der Waals surface area contributed by atoms with Crippen LogP contribution in [0.15, 0.2) is 86.0 Å². The van der Waals surface area contributed by atoms with Crippen LogP contribution in [0.3, 0.4) is 0 Å². The highest BCUT2D eigenvalue weighted by Gasteiger charge is 2.26. The number of esters is 1. The van der Waals surface area contributed by atoms with Crippen LogP contribution >= 0.6 is 11.8 Å². The Balaban J connectivity index is 2.09. The van der Waals surface area contributed by atoms with Crippen molar-refractivity contribution >= 4 is 29.5 Å². The third-order valence-corrected chi connectivity index (χ3v) is 7.93. The first-order chi connectivity index (χ1) is 20.4. The van der Waals surface area contributed by atoms with Crippen molar-refractivity contribution in [3.05, 3.63) is 97.1 Å². The van der Waals surface area contributed by atoms with E-state index in [1.54, 1.807) is 24.8 Å². The van der Waals surface area contributed by atoms with Crippen molar-refractivity contribution in [1.82, 2.24) is 10.6 Å². The van der Waals surface area contributed by atoms with Crippen LogP contribution in [-0.4, -0.2) is 53.9 Å². The van der Waals surface area contributed by atoms with Crippen molar-refractivity contribution < 1.29 is 24.2 Å². The Labute approximate surface area is 255 Å². The maximum Gasteiger partial charge on any atom is 0.309 e. The molecule has 0 aliphatic rings. The Kier molecular flexibility index (Phi) is 17.0. The molecule has 0 fully saturated rings. The molecule has 2 aromatic rings. The van der Waals surface area contributed by atoms with Gasteiger partial charge in [0, 0.05) is 24.0 Å². The summed E-state index contributed by atoms with van der Waals surface area (Å²) in [5.74, 6) is -0.547. The number of benzene rings is 2. The number of allylic oxidation sites excluding steroid dienone is 2. The maximum absolute atomic E-state index is 13.3. The van der Waals surface area contributed by atoms with Crippen molar-refractivity contribution in [2.45, 2.75) is 63.3 Å². The smallest absolute Gasteiger partial charge is 0.309 e. The molecule has 0 aliphatic carbocycles. The molecular formula is C34H46N2O5S. The van der Waals surface area contributed by atoms with Crippen molar-refractivity contribution in [3.63, 3.8) is 0 Å². The Morgan fingerprint density at radius 1 is 0.952 bits per heavy atom. The van der Waals surface area contributed by atoms with E-state index in [1.165, 1.54) is 0 Å². The van der Waals surface area contributed by atoms with E-state index < -0.39 is 18.0 Å². The van der Waals surface area contributed by atoms with Gasteiger partial charge in [-0.1, -0.05) is 72.8 Å². The lowest BCUT2D eigenvalue weighted by Gasteiger charge is -2.24. The van der Waals surface area contributed by atoms with Gasteiger partial charge in [-0.3, -0.25) is 14.4 Å². The minimum Gasteiger partial charge on any atom is -0.463 e. The van der Waals surface area contributed by atoms with Gasteiger partial charge in [-0.15, -0.1) is 13.2 Å². The molecule has 42 heavy (non-hydrogen) atoms. The number of aliphatic hydroxyl groups excluding tert-OH is 1. The lowest BCUT2D eigenvalue weighted by molar-refractivity contribution is -0.150. The van der Waals surface area contributed by atoms with Crippen LogP contribution in [0.1, 0.15) is 50.2 Å². The largest absolute Gasteiger partial charge is 0.463 e. The summed E-state index contributed by atoms with van der Waals surface area (Å²) in [5, 5.41) is 15.0. The van der Waals surface area contributed by atoms with E-state index in [-0.39, 0.29) is 43.3 Å². The van der Waals surface area contributed by atoms with E-state index in [4.69, 9.17) is 4.74 Å². The van der Waals surface area contributed by atoms with Crippen LogP contribution in [0.2, 0.25) is 0 Å². The van der Waals surface area contributed by atoms with Gasteiger partial charge in [0.05, 0.1) is 24.5 Å². The molecule has 0 bridgehead atoms. The van der Waals surface area contributed by atoms with E-state index in [1.807, 2.05) is 66.7 Å². The number of unbranched alkanes of at least 4 members (excludes halogenated alkanes) is 1. The molecule has 0 radical (unpaired) electrons. The van der Waals surface area contributed by atoms with Gasteiger partial charge in [-0.2, -0.15) is 11.8 Å². The molecule has 8 heteroatoms. The second-order valence-electron chi connectivity index (χ2n) is 10.5. The van der Waals surface area contributed by atoms with Crippen LogP contribution in [0.4, 0.5) is 0 Å². The summed E-state index contributed by atoms with van der Waals surface area (Å²) in [6, 6.07) is 19.1. The Bertz CT molecular complexity index is 1100. The first kappa shape index (κ1) is 34.8. The van der Waals surface area contributed by atoms with Crippen LogP contribution in [0.25, 0.3) is 0 Å². The highest BCUT2D eigenvalue weighted by Crippen LogP contribution is 2.19. The molecule has 3 N–H and O–H groups in total. The molecule has 0 saturated carbocycles. The fraction of sp³-hybridized carbons (Fsp3) is 0.441. The standard InChI is InChI=1S/C34H46N2O5S/c1-4-6-9-19-30(20-27-15-10-7-11-16-27)34(40)41-23-31(25-42-24-28-17-12-8-13-18-28)36-33(39)29(14-5-2)21-32(38)35-26(3)22-37/h4-5,7-8,10-13,15-18,26,29-31,37H,1-2,6,9,14,19-25H2,3H3,(H,35,38)(H,36,39)/t26-,29+,30+,31+/m0/s1. The van der Waals surface area contributed by atoms with Crippen LogP contribution < -0.4 is 10.6 Å². The molecule has 0 saturated heterocycles. The number of carbonyl (C=O) groups excluding carboxylic acids is 3. The van der Waals surface area contributed by atoms with Crippen LogP contribution in [0, 0.1) is 11.8 Å². The number of aliphatic hydroxyl groups is 1. The molecular weight excluding hydrogens is 548 g/mol. The maximum atomic E-state index is 13.3. The number of hydrogen-bond acceptors (Lipinski definition) is 6. The summed E-state index contributed by atoms with van der Waals surface area (Å²) in [7, 11) is 0. The summed E-state index contributed by atoms with van der Waals surface area (Å²) in [6.07, 6.45) is 6.68. The van der Waals surface area contributed by atoms with Gasteiger partial charge in [0.15, 0.2) is 0 Å². The minimum absolute atomic E-state index is 0.0334. The summed E-state index contributed by atoms with van der Waals surface area (Å²) in [5.41, 5.74) is 2.23. The minimum atomic E-state index is -0.629. The van der Waals surface area contributed by atoms with Gasteiger partial charge in [-0.05, 0) is 50.2 Å². The van der Waals surface area contributed by atoms with Crippen LogP contribution in [0.5, 0.6) is 0 Å². The average molecular weight is 595 g/mol. The number of amides is 2. The molecule has 7 nitrogen and oxygen atoms in total. The second-order valence-corrected chi connectivity index (χ2v) is 11.5. The monoisotopic (exact) mass is 594 g/mol. The summed E-state index contributed by atoms with van der Waals surface area (Å²) in [6.45, 7) is 9.07. The van der Waals surface area contributed by atoms with Crippen LogP contribution in [-0.2, 0) is 31.3 Å². The molecule has 0 aliphatic heterocycles. The van der Waals surface area contributed by atoms with Crippen molar-refractivity contribution in [2.75, 3.05) is 19.0 Å². The number of carbonyl (C=O) groups is 3. The van der Waals surface area contributed by atoms with Crippen molar-refractivity contribution in [2.24, 2.45) is 11.8 Å². The third-order valence-electron chi connectivity index (χ3n) is 6.76. The number of hydrogen-bond donors (Lipinski definition) is 3. The summed E-state index contributed by atoms with van der Waals surface area (Å²) < 4.78 is 5.84. The first-order valence-corrected chi connectivity index (χ1v) is 15.8. The number of thioether (sulfide) groups is 1. The molecule has 228 valence electrons. The summed E-state index contributed by atoms with van der Waals surface area (Å²) in [4.78, 5) is 39.0. The predicted octanol–water partition coefficient (Wildman–Crippen LogP) is 5.24. The fourth-order valence-corrected chi connectivity index (χ4v) is 5.45. The highest BCUT2D eigenvalue weighted by atomic mass is 32.2. The molecule has 0 aromatic heterocycles. The number of rotatable bonds is 21. The fourth-order valence-electron chi connectivity index (χ4n) is 4.44. The van der Waals surface area contributed by atoms with Gasteiger partial charge in [-0.25, -0.2) is 0 Å². The van der Waals surface area contributed by atoms with Gasteiger partial charge in [0.25, 0.3) is 0 Å². The van der Waals surface area contributed by atoms with Gasteiger partial charge in [0.2, 0.25) is 11.8 Å². The number of ether oxygens (including phenoxy) is 1. The highest BCUT2D eigenvalue weighted by molar-refractivity contribution is 7.98. The Morgan fingerprint density at radius 3 is 2.24 bits per heavy atom. The van der Waals surface area contributed by atoms with E-state index >= 15 is 0 Å². The zero-order valence-electron chi connectivity index (χ0n) is 24.7. The molecule has 2 amide bonds. The van der Waals surface area contributed by atoms with E-state index in [0.717, 1.165) is 29.7 Å². The summed E-state index contributed by atoms with van der Waals surface area (Å²) >= 11 is 1.64. The Morgan fingerprint density at radius 2 is 1.62 bits per heavy atom. The SMILES string of the molecule is C=CCCC[C@H](Cc1ccccc1)C(=O)OC[C@H](CSCc1ccccc1)NC(=O)[C@H](CC=C)CC(=O)N[C@@H](C)CO. The van der Waals surface area contributed by atoms with E-state index in [9.17, 15) is 19.5 Å². The lowest BCUT2D eigenvalue weighted by atomic mass is 9.94. The molecule has 0 spiro atoms. The van der Waals surface area contributed by atoms with Gasteiger partial charge >= 0.3 is 5.97 Å². The second kappa shape index (κ2) is 20.5. The third kappa shape index (κ3) is 14.0. The van der Waals surface area contributed by atoms with Gasteiger partial charge in [0.1, 0.15) is 6.61 Å². The normalized spacial score (nSPS) is 13.7. The van der Waals surface area contributed by atoms with E-state index in [0.29, 0.717) is 25.0 Å². The zero-order chi connectivity index (χ0) is 30.6. The quantitative estimate of drug-likeness (QED) is 0.104. The number of nitrogens with one attached hydrogen (secondary N) is 2. The lowest BCUT2D eigenvalue weighted by Crippen LogP contribution is -2.45. The van der Waals surface area contributed by atoms with Crippen molar-refractivity contribution in [3.8, 4) is 0 Å². The predicted molar refractivity (Wildman–Crippen MR) is 171 cm³/mol.